The summed E-state index contributed by atoms with van der Waals surface area (Å²) < 4.78 is 76.1. The molecule has 0 saturated carbocycles. The van der Waals surface area contributed by atoms with E-state index in [2.05, 4.69) is 14.4 Å². The molecular weight excluding hydrogens is 274 g/mol. The average Bonchev–Trinajstić information content (AvgIpc) is 2.37. The molecule has 0 aromatic heterocycles. The van der Waals surface area contributed by atoms with Crippen LogP contribution in [-0.4, -0.2) is 45.0 Å². The second kappa shape index (κ2) is 8.14. The van der Waals surface area contributed by atoms with Crippen molar-refractivity contribution in [2.75, 3.05) is 20.9 Å². The number of ether oxygens (including phenoxy) is 2. The molecule has 0 rings (SSSR count). The summed E-state index contributed by atoms with van der Waals surface area (Å²) in [4.78, 5) is 13.3. The zero-order chi connectivity index (χ0) is 15.0. The summed E-state index contributed by atoms with van der Waals surface area (Å²) in [7, 11) is 1.54. The van der Waals surface area contributed by atoms with Gasteiger partial charge in [-0.2, -0.15) is 22.5 Å². The topological polar surface area (TPSA) is 44.8 Å². The fourth-order valence-corrected chi connectivity index (χ4v) is 0.429. The van der Waals surface area contributed by atoms with Crippen LogP contribution in [-0.2, 0) is 19.2 Å². The molecule has 10 heteroatoms. The Morgan fingerprint density at radius 3 is 1.78 bits per heavy atom. The Kier molecular flexibility index (Phi) is 8.73. The van der Waals surface area contributed by atoms with E-state index in [4.69, 9.17) is 0 Å². The highest BCUT2D eigenvalue weighted by atomic mass is 19.3. The zero-order valence-electron chi connectivity index (χ0n) is 9.69. The van der Waals surface area contributed by atoms with Crippen LogP contribution in [0.3, 0.4) is 0 Å². The van der Waals surface area contributed by atoms with Gasteiger partial charge < -0.3 is 9.47 Å². The molecule has 0 aromatic carbocycles. The van der Waals surface area contributed by atoms with Crippen LogP contribution in [0.15, 0.2) is 0 Å². The summed E-state index contributed by atoms with van der Waals surface area (Å²) in [6.45, 7) is -1.18. The largest absolute Gasteiger partial charge is 0.467 e. The van der Waals surface area contributed by atoms with Crippen LogP contribution in [0.25, 0.3) is 0 Å². The van der Waals surface area contributed by atoms with Gasteiger partial charge in [-0.05, 0) is 11.4 Å². The van der Waals surface area contributed by atoms with Crippen molar-refractivity contribution in [3.63, 3.8) is 0 Å². The van der Waals surface area contributed by atoms with E-state index in [-0.39, 0.29) is 0 Å². The van der Waals surface area contributed by atoms with Crippen molar-refractivity contribution in [1.29, 1.82) is 0 Å². The molecule has 0 radical (unpaired) electrons. The molecule has 110 valence electrons. The Labute approximate surface area is 98.7 Å². The van der Waals surface area contributed by atoms with Crippen molar-refractivity contribution >= 4 is 5.97 Å². The van der Waals surface area contributed by atoms with Gasteiger partial charge in [-0.3, -0.25) is 0 Å². The maximum atomic E-state index is 11.7. The molecule has 0 aliphatic carbocycles. The van der Waals surface area contributed by atoms with Gasteiger partial charge in [0.05, 0.1) is 7.11 Å². The molecule has 0 bridgehead atoms. The summed E-state index contributed by atoms with van der Waals surface area (Å²) in [6, 6.07) is 0. The fraction of sp³-hybridized carbons (Fsp3) is 0.875. The lowest BCUT2D eigenvalue weighted by Crippen LogP contribution is -2.43. The lowest BCUT2D eigenvalue weighted by molar-refractivity contribution is -0.340. The van der Waals surface area contributed by atoms with E-state index in [0.29, 0.717) is 7.11 Å². The van der Waals surface area contributed by atoms with Gasteiger partial charge in [0.15, 0.2) is 12.8 Å². The molecular formula is C8H12F6O4. The molecule has 0 spiro atoms. The number of esters is 1. The van der Waals surface area contributed by atoms with Gasteiger partial charge >= 0.3 is 18.0 Å². The minimum absolute atomic E-state index is 0.379. The summed E-state index contributed by atoms with van der Waals surface area (Å²) in [5, 5.41) is 0. The molecule has 0 amide bonds. The Balaban J connectivity index is 0. The molecule has 4 nitrogen and oxygen atoms in total. The van der Waals surface area contributed by atoms with Gasteiger partial charge in [0.2, 0.25) is 0 Å². The smallest absolute Gasteiger partial charge is 0.421 e. The molecule has 0 N–H and O–H groups in total. The van der Waals surface area contributed by atoms with Crippen LogP contribution in [0.4, 0.5) is 26.5 Å². The number of rotatable bonds is 5. The van der Waals surface area contributed by atoms with Gasteiger partial charge in [-0.1, -0.05) is 0 Å². The van der Waals surface area contributed by atoms with E-state index in [9.17, 15) is 31.3 Å². The molecule has 0 saturated heterocycles. The Hall–Kier alpha value is -1.03. The van der Waals surface area contributed by atoms with Crippen LogP contribution in [0.1, 0.15) is 6.92 Å². The third kappa shape index (κ3) is 6.05. The number of carbonyl (C=O) groups excluding carboxylic acids is 1. The second-order valence-electron chi connectivity index (χ2n) is 2.81. The lowest BCUT2D eigenvalue weighted by atomic mass is 10.3. The number of halogens is 6. The first kappa shape index (κ1) is 19.3. The molecule has 0 aliphatic rings. The number of methoxy groups -OCH3 is 2. The van der Waals surface area contributed by atoms with Gasteiger partial charge in [-0.15, -0.1) is 0 Å². The monoisotopic (exact) mass is 286 g/mol. The molecule has 0 fully saturated rings. The summed E-state index contributed by atoms with van der Waals surface area (Å²) >= 11 is 0. The molecule has 18 heavy (non-hydrogen) atoms. The first-order chi connectivity index (χ1) is 8.09. The SMILES string of the molecule is COC(=O)C(C)OF.COC(F)(F)C(F)(F)CF. The minimum Gasteiger partial charge on any atom is -0.467 e. The highest BCUT2D eigenvalue weighted by molar-refractivity contribution is 5.73. The Morgan fingerprint density at radius 2 is 1.67 bits per heavy atom. The zero-order valence-corrected chi connectivity index (χ0v) is 9.69. The van der Waals surface area contributed by atoms with E-state index in [1.807, 2.05) is 0 Å². The predicted molar refractivity (Wildman–Crippen MR) is 46.5 cm³/mol. The van der Waals surface area contributed by atoms with Gasteiger partial charge in [-0.25, -0.2) is 9.18 Å². The van der Waals surface area contributed by atoms with Crippen molar-refractivity contribution in [2.24, 2.45) is 0 Å². The van der Waals surface area contributed by atoms with Gasteiger partial charge in [0.25, 0.3) is 0 Å². The van der Waals surface area contributed by atoms with E-state index < -0.39 is 30.8 Å². The fourth-order valence-electron chi connectivity index (χ4n) is 0.429. The van der Waals surface area contributed by atoms with Crippen LogP contribution in [0, 0.1) is 0 Å². The lowest BCUT2D eigenvalue weighted by Gasteiger charge is -2.21. The summed E-state index contributed by atoms with van der Waals surface area (Å²) in [5.41, 5.74) is 0. The molecule has 1 unspecified atom stereocenters. The van der Waals surface area contributed by atoms with Crippen LogP contribution in [0.2, 0.25) is 0 Å². The quantitative estimate of drug-likeness (QED) is 0.574. The van der Waals surface area contributed by atoms with Crippen molar-refractivity contribution in [3.05, 3.63) is 0 Å². The van der Waals surface area contributed by atoms with E-state index in [0.717, 1.165) is 7.11 Å². The maximum Gasteiger partial charge on any atom is 0.421 e. The van der Waals surface area contributed by atoms with Gasteiger partial charge in [0, 0.05) is 7.11 Å². The van der Waals surface area contributed by atoms with Crippen molar-refractivity contribution in [2.45, 2.75) is 25.1 Å². The summed E-state index contributed by atoms with van der Waals surface area (Å²) in [5.74, 6) is -5.45. The first-order valence-electron chi connectivity index (χ1n) is 4.31. The molecule has 0 heterocycles. The first-order valence-corrected chi connectivity index (χ1v) is 4.31. The number of hydrogen-bond donors (Lipinski definition) is 0. The molecule has 0 aromatic rings. The van der Waals surface area contributed by atoms with E-state index in [1.54, 1.807) is 0 Å². The average molecular weight is 286 g/mol. The third-order valence-electron chi connectivity index (χ3n) is 1.52. The maximum absolute atomic E-state index is 11.7. The van der Waals surface area contributed by atoms with Crippen molar-refractivity contribution < 1.29 is 45.7 Å². The number of alkyl halides is 5. The highest BCUT2D eigenvalue weighted by Crippen LogP contribution is 2.34. The van der Waals surface area contributed by atoms with Crippen molar-refractivity contribution in [1.82, 2.24) is 0 Å². The standard InChI is InChI=1S/C4H5F5O.C4H7FO3/c1-10-4(8,9)3(6,7)2-5;1-3(8-5)4(6)7-2/h2H2,1H3;3H,1-2H3. The van der Waals surface area contributed by atoms with Gasteiger partial charge in [0.1, 0.15) is 0 Å². The Morgan fingerprint density at radius 1 is 1.22 bits per heavy atom. The highest BCUT2D eigenvalue weighted by Gasteiger charge is 2.57. The molecule has 1 atom stereocenters. The number of carbonyl (C=O) groups is 1. The minimum atomic E-state index is -4.73. The van der Waals surface area contributed by atoms with Crippen LogP contribution >= 0.6 is 0 Å². The number of hydrogen-bond acceptors (Lipinski definition) is 4. The third-order valence-corrected chi connectivity index (χ3v) is 1.52. The summed E-state index contributed by atoms with van der Waals surface area (Å²) in [6.07, 6.45) is -5.83. The predicted octanol–water partition coefficient (Wildman–Crippen LogP) is 2.28. The van der Waals surface area contributed by atoms with Crippen LogP contribution < -0.4 is 0 Å². The van der Waals surface area contributed by atoms with E-state index >= 15 is 0 Å². The second-order valence-corrected chi connectivity index (χ2v) is 2.81. The van der Waals surface area contributed by atoms with E-state index in [1.165, 1.54) is 6.92 Å². The Bertz CT molecular complexity index is 234. The normalized spacial score (nSPS) is 13.4. The van der Waals surface area contributed by atoms with Crippen LogP contribution in [0.5, 0.6) is 0 Å². The molecule has 0 aliphatic heterocycles. The van der Waals surface area contributed by atoms with Crippen molar-refractivity contribution in [3.8, 4) is 0 Å².